The summed E-state index contributed by atoms with van der Waals surface area (Å²) in [6.45, 7) is 4.46. The van der Waals surface area contributed by atoms with Gasteiger partial charge in [0.05, 0.1) is 12.4 Å². The highest BCUT2D eigenvalue weighted by molar-refractivity contribution is 7.91. The van der Waals surface area contributed by atoms with E-state index in [0.717, 1.165) is 25.9 Å². The fraction of sp³-hybridized carbons (Fsp3) is 0.600. The summed E-state index contributed by atoms with van der Waals surface area (Å²) in [5, 5.41) is 3.34. The fourth-order valence-corrected chi connectivity index (χ4v) is 3.96. The van der Waals surface area contributed by atoms with Crippen molar-refractivity contribution in [3.05, 3.63) is 24.3 Å². The predicted molar refractivity (Wildman–Crippen MR) is 79.9 cm³/mol. The molecule has 5 heteroatoms. The molecule has 0 bridgehead atoms. The molecule has 0 saturated carbocycles. The van der Waals surface area contributed by atoms with Crippen LogP contribution in [0, 0.1) is 5.92 Å². The van der Waals surface area contributed by atoms with Crippen molar-refractivity contribution >= 4 is 9.84 Å². The lowest BCUT2D eigenvalue weighted by molar-refractivity contribution is 0.214. The molecule has 20 heavy (non-hydrogen) atoms. The first kappa shape index (κ1) is 15.3. The first-order chi connectivity index (χ1) is 9.63. The minimum Gasteiger partial charge on any atom is -0.492 e. The zero-order chi connectivity index (χ0) is 14.4. The highest BCUT2D eigenvalue weighted by Gasteiger charge is 2.20. The number of sulfone groups is 1. The van der Waals surface area contributed by atoms with Gasteiger partial charge in [0.2, 0.25) is 0 Å². The van der Waals surface area contributed by atoms with E-state index in [2.05, 4.69) is 5.32 Å². The van der Waals surface area contributed by atoms with E-state index in [0.29, 0.717) is 29.6 Å². The maximum Gasteiger partial charge on any atom is 0.182 e. The van der Waals surface area contributed by atoms with E-state index >= 15 is 0 Å². The van der Waals surface area contributed by atoms with E-state index in [-0.39, 0.29) is 5.75 Å². The van der Waals surface area contributed by atoms with E-state index in [1.54, 1.807) is 18.2 Å². The van der Waals surface area contributed by atoms with Gasteiger partial charge in [-0.15, -0.1) is 0 Å². The summed E-state index contributed by atoms with van der Waals surface area (Å²) in [6, 6.07) is 6.95. The highest BCUT2D eigenvalue weighted by Crippen LogP contribution is 2.26. The smallest absolute Gasteiger partial charge is 0.182 e. The van der Waals surface area contributed by atoms with Crippen LogP contribution in [0.4, 0.5) is 0 Å². The lowest BCUT2D eigenvalue weighted by Crippen LogP contribution is -2.33. The van der Waals surface area contributed by atoms with E-state index in [9.17, 15) is 8.42 Å². The summed E-state index contributed by atoms with van der Waals surface area (Å²) >= 11 is 0. The molecular formula is C15H23NO3S. The Hall–Kier alpha value is -1.07. The van der Waals surface area contributed by atoms with Crippen molar-refractivity contribution in [1.82, 2.24) is 5.32 Å². The molecule has 0 spiro atoms. The van der Waals surface area contributed by atoms with Crippen LogP contribution in [0.25, 0.3) is 0 Å². The number of hydrogen-bond acceptors (Lipinski definition) is 4. The van der Waals surface area contributed by atoms with E-state index in [1.165, 1.54) is 0 Å². The molecule has 1 N–H and O–H groups in total. The van der Waals surface area contributed by atoms with Crippen molar-refractivity contribution in [3.63, 3.8) is 0 Å². The average molecular weight is 297 g/mol. The van der Waals surface area contributed by atoms with Crippen LogP contribution < -0.4 is 10.1 Å². The minimum atomic E-state index is -3.23. The molecule has 0 aromatic heterocycles. The number of rotatable bonds is 6. The van der Waals surface area contributed by atoms with E-state index < -0.39 is 9.84 Å². The van der Waals surface area contributed by atoms with Crippen LogP contribution in [-0.4, -0.2) is 33.9 Å². The van der Waals surface area contributed by atoms with Gasteiger partial charge in [-0.25, -0.2) is 8.42 Å². The molecule has 1 aromatic rings. The molecule has 0 aliphatic carbocycles. The quantitative estimate of drug-likeness (QED) is 0.875. The van der Waals surface area contributed by atoms with E-state index in [1.807, 2.05) is 13.0 Å². The molecule has 1 unspecified atom stereocenters. The first-order valence-corrected chi connectivity index (χ1v) is 8.94. The number of nitrogens with one attached hydrogen (secondary N) is 1. The van der Waals surface area contributed by atoms with Crippen molar-refractivity contribution in [2.75, 3.05) is 25.4 Å². The van der Waals surface area contributed by atoms with Crippen LogP contribution in [0.2, 0.25) is 0 Å². The monoisotopic (exact) mass is 297 g/mol. The number of ether oxygens (including phenoxy) is 1. The molecule has 1 aliphatic heterocycles. The van der Waals surface area contributed by atoms with Crippen LogP contribution in [0.5, 0.6) is 5.75 Å². The van der Waals surface area contributed by atoms with Crippen LogP contribution >= 0.6 is 0 Å². The van der Waals surface area contributed by atoms with Gasteiger partial charge in [-0.3, -0.25) is 0 Å². The van der Waals surface area contributed by atoms with Gasteiger partial charge in [0, 0.05) is 12.5 Å². The van der Waals surface area contributed by atoms with Crippen molar-refractivity contribution < 1.29 is 13.2 Å². The highest BCUT2D eigenvalue weighted by atomic mass is 32.2. The zero-order valence-corrected chi connectivity index (χ0v) is 12.8. The summed E-state index contributed by atoms with van der Waals surface area (Å²) < 4.78 is 30.2. The van der Waals surface area contributed by atoms with E-state index in [4.69, 9.17) is 4.74 Å². The van der Waals surface area contributed by atoms with Gasteiger partial charge < -0.3 is 10.1 Å². The Labute approximate surface area is 121 Å². The summed E-state index contributed by atoms with van der Waals surface area (Å²) in [5.41, 5.74) is 0. The Morgan fingerprint density at radius 3 is 2.85 bits per heavy atom. The topological polar surface area (TPSA) is 55.4 Å². The molecule has 2 rings (SSSR count). The molecule has 0 radical (unpaired) electrons. The van der Waals surface area contributed by atoms with Gasteiger partial charge in [0.25, 0.3) is 0 Å². The molecule has 1 fully saturated rings. The summed E-state index contributed by atoms with van der Waals surface area (Å²) in [7, 11) is -3.23. The standard InChI is InChI=1S/C15H23NO3S/c1-2-10-20(17,18)15-8-4-3-7-14(15)19-12-13-6-5-9-16-11-13/h3-4,7-8,13,16H,2,5-6,9-12H2,1H3. The van der Waals surface area contributed by atoms with Crippen LogP contribution in [0.15, 0.2) is 29.2 Å². The Morgan fingerprint density at radius 1 is 1.35 bits per heavy atom. The number of benzene rings is 1. The minimum absolute atomic E-state index is 0.165. The molecule has 112 valence electrons. The van der Waals surface area contributed by atoms with Crippen molar-refractivity contribution in [2.45, 2.75) is 31.1 Å². The number of piperidine rings is 1. The third kappa shape index (κ3) is 3.96. The second kappa shape index (κ2) is 7.09. The van der Waals surface area contributed by atoms with Crippen LogP contribution in [-0.2, 0) is 9.84 Å². The first-order valence-electron chi connectivity index (χ1n) is 7.29. The lowest BCUT2D eigenvalue weighted by Gasteiger charge is -2.23. The second-order valence-electron chi connectivity index (χ2n) is 5.29. The van der Waals surface area contributed by atoms with Crippen LogP contribution in [0.3, 0.4) is 0 Å². The third-order valence-corrected chi connectivity index (χ3v) is 5.48. The van der Waals surface area contributed by atoms with Crippen molar-refractivity contribution in [1.29, 1.82) is 0 Å². The molecule has 1 atom stereocenters. The summed E-state index contributed by atoms with van der Waals surface area (Å²) in [6.07, 6.45) is 2.91. The fourth-order valence-electron chi connectivity index (χ4n) is 2.48. The Kier molecular flexibility index (Phi) is 5.43. The molecular weight excluding hydrogens is 274 g/mol. The SMILES string of the molecule is CCCS(=O)(=O)c1ccccc1OCC1CCCNC1. The maximum atomic E-state index is 12.2. The van der Waals surface area contributed by atoms with Gasteiger partial charge in [-0.05, 0) is 37.9 Å². The lowest BCUT2D eigenvalue weighted by atomic mass is 10.0. The Balaban J connectivity index is 2.07. The largest absolute Gasteiger partial charge is 0.492 e. The number of hydrogen-bond donors (Lipinski definition) is 1. The van der Waals surface area contributed by atoms with Crippen LogP contribution in [0.1, 0.15) is 26.2 Å². The summed E-state index contributed by atoms with van der Waals surface area (Å²) in [5.74, 6) is 1.12. The third-order valence-electron chi connectivity index (χ3n) is 3.53. The Morgan fingerprint density at radius 2 is 2.15 bits per heavy atom. The van der Waals surface area contributed by atoms with Gasteiger partial charge in [-0.1, -0.05) is 19.1 Å². The molecule has 1 heterocycles. The summed E-state index contributed by atoms with van der Waals surface area (Å²) in [4.78, 5) is 0.325. The second-order valence-corrected chi connectivity index (χ2v) is 7.37. The maximum absolute atomic E-state index is 12.2. The Bertz CT molecular complexity index is 522. The molecule has 0 amide bonds. The normalized spacial score (nSPS) is 19.8. The van der Waals surface area contributed by atoms with Gasteiger partial charge >= 0.3 is 0 Å². The molecule has 1 saturated heterocycles. The predicted octanol–water partition coefficient (Wildman–Crippen LogP) is 2.25. The van der Waals surface area contributed by atoms with Crippen molar-refractivity contribution in [3.8, 4) is 5.75 Å². The van der Waals surface area contributed by atoms with Gasteiger partial charge in [-0.2, -0.15) is 0 Å². The molecule has 1 aromatic carbocycles. The molecule has 4 nitrogen and oxygen atoms in total. The zero-order valence-electron chi connectivity index (χ0n) is 12.0. The number of para-hydroxylation sites is 1. The van der Waals surface area contributed by atoms with Gasteiger partial charge in [0.1, 0.15) is 10.6 Å². The molecule has 1 aliphatic rings. The average Bonchev–Trinajstić information content (AvgIpc) is 2.46. The van der Waals surface area contributed by atoms with Gasteiger partial charge in [0.15, 0.2) is 9.84 Å². The van der Waals surface area contributed by atoms with Crippen molar-refractivity contribution in [2.24, 2.45) is 5.92 Å².